The average molecular weight is 274 g/mol. The Balaban J connectivity index is 0. The van der Waals surface area contributed by atoms with E-state index in [2.05, 4.69) is 20.8 Å². The molecule has 4 heteroatoms. The number of esters is 1. The van der Waals surface area contributed by atoms with Gasteiger partial charge in [0, 0.05) is 13.3 Å². The third-order valence-corrected chi connectivity index (χ3v) is 2.48. The predicted molar refractivity (Wildman–Crippen MR) is 77.1 cm³/mol. The van der Waals surface area contributed by atoms with Crippen LogP contribution in [0, 0.1) is 5.92 Å². The van der Waals surface area contributed by atoms with Crippen LogP contribution in [0.3, 0.4) is 0 Å². The van der Waals surface area contributed by atoms with E-state index in [1.54, 1.807) is 0 Å². The second kappa shape index (κ2) is 15.0. The summed E-state index contributed by atoms with van der Waals surface area (Å²) in [6.45, 7) is 8.39. The highest BCUT2D eigenvalue weighted by Crippen LogP contribution is 2.05. The molecule has 1 N–H and O–H groups in total. The summed E-state index contributed by atoms with van der Waals surface area (Å²) in [5.41, 5.74) is 0. The van der Waals surface area contributed by atoms with E-state index < -0.39 is 5.97 Å². The molecule has 19 heavy (non-hydrogen) atoms. The zero-order valence-corrected chi connectivity index (χ0v) is 12.9. The number of ether oxygens (including phenoxy) is 1. The van der Waals surface area contributed by atoms with Crippen molar-refractivity contribution in [3.63, 3.8) is 0 Å². The lowest BCUT2D eigenvalue weighted by Gasteiger charge is -1.99. The number of carboxylic acid groups (broad SMARTS) is 1. The molecule has 0 fully saturated rings. The van der Waals surface area contributed by atoms with Gasteiger partial charge in [0.15, 0.2) is 0 Å². The van der Waals surface area contributed by atoms with Gasteiger partial charge in [0.25, 0.3) is 0 Å². The van der Waals surface area contributed by atoms with Crippen LogP contribution in [-0.4, -0.2) is 23.7 Å². The van der Waals surface area contributed by atoms with Gasteiger partial charge in [0.2, 0.25) is 0 Å². The van der Waals surface area contributed by atoms with E-state index in [9.17, 15) is 9.59 Å². The fourth-order valence-corrected chi connectivity index (χ4v) is 1.41. The van der Waals surface area contributed by atoms with Gasteiger partial charge in [-0.25, -0.2) is 0 Å². The minimum Gasteiger partial charge on any atom is -0.481 e. The van der Waals surface area contributed by atoms with Gasteiger partial charge in [0.1, 0.15) is 0 Å². The van der Waals surface area contributed by atoms with Crippen molar-refractivity contribution >= 4 is 11.9 Å². The maximum Gasteiger partial charge on any atom is 0.303 e. The Morgan fingerprint density at radius 3 is 2.16 bits per heavy atom. The Morgan fingerprint density at radius 1 is 1.11 bits per heavy atom. The summed E-state index contributed by atoms with van der Waals surface area (Å²) in [7, 11) is 0. The van der Waals surface area contributed by atoms with Crippen molar-refractivity contribution in [2.45, 2.75) is 72.6 Å². The van der Waals surface area contributed by atoms with Crippen molar-refractivity contribution < 1.29 is 19.4 Å². The number of aliphatic carboxylic acids is 1. The monoisotopic (exact) mass is 274 g/mol. The number of unbranched alkanes of at least 4 members (excludes halogenated alkanes) is 3. The van der Waals surface area contributed by atoms with Crippen molar-refractivity contribution in [3.8, 4) is 0 Å². The highest BCUT2D eigenvalue weighted by molar-refractivity contribution is 5.66. The molecular formula is C15H30O4. The molecule has 0 aliphatic heterocycles. The molecule has 0 aromatic rings. The molecule has 0 unspecified atom stereocenters. The molecule has 0 heterocycles. The lowest BCUT2D eigenvalue weighted by atomic mass is 10.1. The molecule has 0 aromatic heterocycles. The molecule has 0 saturated carbocycles. The fraction of sp³-hybridized carbons (Fsp3) is 0.867. The first kappa shape index (κ1) is 20.3. The third-order valence-electron chi connectivity index (χ3n) is 2.48. The number of rotatable bonds is 9. The molecule has 0 aliphatic carbocycles. The van der Waals surface area contributed by atoms with Crippen molar-refractivity contribution in [2.24, 2.45) is 5.92 Å². The Kier molecular flexibility index (Phi) is 16.0. The van der Waals surface area contributed by atoms with Gasteiger partial charge in [-0.05, 0) is 18.8 Å². The van der Waals surface area contributed by atoms with Gasteiger partial charge < -0.3 is 9.84 Å². The van der Waals surface area contributed by atoms with Crippen LogP contribution in [0.5, 0.6) is 0 Å². The minimum absolute atomic E-state index is 0.170. The van der Waals surface area contributed by atoms with Crippen LogP contribution in [0.25, 0.3) is 0 Å². The predicted octanol–water partition coefficient (Wildman–Crippen LogP) is 4.03. The Morgan fingerprint density at radius 2 is 1.74 bits per heavy atom. The van der Waals surface area contributed by atoms with Gasteiger partial charge in [-0.15, -0.1) is 0 Å². The van der Waals surface area contributed by atoms with E-state index in [0.29, 0.717) is 18.9 Å². The van der Waals surface area contributed by atoms with Gasteiger partial charge in [-0.1, -0.05) is 46.5 Å². The summed E-state index contributed by atoms with van der Waals surface area (Å²) in [6, 6.07) is 0. The highest BCUT2D eigenvalue weighted by atomic mass is 16.5. The summed E-state index contributed by atoms with van der Waals surface area (Å²) in [5, 5.41) is 8.23. The van der Waals surface area contributed by atoms with E-state index in [1.807, 2.05) is 0 Å². The summed E-state index contributed by atoms with van der Waals surface area (Å²) in [6.07, 6.45) is 6.79. The third kappa shape index (κ3) is 26.5. The first-order valence-corrected chi connectivity index (χ1v) is 7.25. The molecule has 0 bridgehead atoms. The Hall–Kier alpha value is -1.06. The highest BCUT2D eigenvalue weighted by Gasteiger charge is 1.97. The lowest BCUT2D eigenvalue weighted by molar-refractivity contribution is -0.141. The minimum atomic E-state index is -0.685. The van der Waals surface area contributed by atoms with Crippen molar-refractivity contribution in [1.29, 1.82) is 0 Å². The van der Waals surface area contributed by atoms with Crippen molar-refractivity contribution in [1.82, 2.24) is 0 Å². The summed E-state index contributed by atoms with van der Waals surface area (Å²) in [4.78, 5) is 20.2. The summed E-state index contributed by atoms with van der Waals surface area (Å²) >= 11 is 0. The van der Waals surface area contributed by atoms with Crippen LogP contribution in [0.1, 0.15) is 72.6 Å². The van der Waals surface area contributed by atoms with E-state index in [4.69, 9.17) is 9.84 Å². The van der Waals surface area contributed by atoms with Gasteiger partial charge in [0.05, 0.1) is 6.61 Å². The van der Waals surface area contributed by atoms with Crippen LogP contribution in [0.4, 0.5) is 0 Å². The zero-order valence-electron chi connectivity index (χ0n) is 12.9. The van der Waals surface area contributed by atoms with Gasteiger partial charge in [-0.3, -0.25) is 9.59 Å². The second-order valence-electron chi connectivity index (χ2n) is 5.08. The molecule has 114 valence electrons. The largest absolute Gasteiger partial charge is 0.481 e. The van der Waals surface area contributed by atoms with Crippen molar-refractivity contribution in [2.75, 3.05) is 6.61 Å². The number of carbonyl (C=O) groups is 2. The maximum atomic E-state index is 10.3. The van der Waals surface area contributed by atoms with Gasteiger partial charge in [-0.2, -0.15) is 0 Å². The molecule has 0 aromatic carbocycles. The topological polar surface area (TPSA) is 63.6 Å². The number of hydrogen-bond acceptors (Lipinski definition) is 3. The first-order chi connectivity index (χ1) is 8.90. The van der Waals surface area contributed by atoms with Crippen LogP contribution in [-0.2, 0) is 14.3 Å². The maximum absolute atomic E-state index is 10.3. The van der Waals surface area contributed by atoms with E-state index in [1.165, 1.54) is 26.2 Å². The molecule has 0 saturated heterocycles. The van der Waals surface area contributed by atoms with E-state index >= 15 is 0 Å². The Labute approximate surface area is 117 Å². The quantitative estimate of drug-likeness (QED) is 0.509. The fourth-order valence-electron chi connectivity index (χ4n) is 1.41. The van der Waals surface area contributed by atoms with E-state index in [0.717, 1.165) is 19.3 Å². The number of carboxylic acids is 1. The molecule has 0 rings (SSSR count). The molecule has 4 nitrogen and oxygen atoms in total. The molecule has 0 amide bonds. The average Bonchev–Trinajstić information content (AvgIpc) is 2.28. The summed E-state index contributed by atoms with van der Waals surface area (Å²) in [5.74, 6) is -0.225. The number of hydrogen-bond donors (Lipinski definition) is 1. The second-order valence-corrected chi connectivity index (χ2v) is 5.08. The van der Waals surface area contributed by atoms with Crippen LogP contribution >= 0.6 is 0 Å². The van der Waals surface area contributed by atoms with Crippen LogP contribution < -0.4 is 0 Å². The zero-order chi connectivity index (χ0) is 15.1. The lowest BCUT2D eigenvalue weighted by Crippen LogP contribution is -1.99. The summed E-state index contributed by atoms with van der Waals surface area (Å²) < 4.78 is 4.75. The van der Waals surface area contributed by atoms with Crippen LogP contribution in [0.15, 0.2) is 0 Å². The molecule has 0 radical (unpaired) electrons. The number of carbonyl (C=O) groups excluding carboxylic acids is 1. The Bertz CT molecular complexity index is 224. The van der Waals surface area contributed by atoms with Gasteiger partial charge >= 0.3 is 11.9 Å². The van der Waals surface area contributed by atoms with E-state index in [-0.39, 0.29) is 5.97 Å². The molecule has 0 atom stereocenters. The first-order valence-electron chi connectivity index (χ1n) is 7.25. The smallest absolute Gasteiger partial charge is 0.303 e. The molecule has 0 spiro atoms. The molecular weight excluding hydrogens is 244 g/mol. The normalized spacial score (nSPS) is 9.74. The standard InChI is InChI=1S/C8H16O2.C7H14O2/c1-3-4-5-6-7-10-8(2)9;1-6(2)4-3-5-7(8)9/h3-7H2,1-2H3;6H,3-5H2,1-2H3,(H,8,9). The SMILES string of the molecule is CC(C)CCCC(=O)O.CCCCCCOC(C)=O. The van der Waals surface area contributed by atoms with Crippen molar-refractivity contribution in [3.05, 3.63) is 0 Å². The van der Waals surface area contributed by atoms with Crippen LogP contribution in [0.2, 0.25) is 0 Å². The molecule has 0 aliphatic rings.